The summed E-state index contributed by atoms with van der Waals surface area (Å²) in [5, 5.41) is 9.02. The minimum Gasteiger partial charge on any atom is -0.492 e. The number of ether oxygens (including phenoxy) is 1. The van der Waals surface area contributed by atoms with Crippen molar-refractivity contribution in [1.82, 2.24) is 14.9 Å². The summed E-state index contributed by atoms with van der Waals surface area (Å²) in [6.07, 6.45) is 0. The summed E-state index contributed by atoms with van der Waals surface area (Å²) in [6, 6.07) is 7.99. The molecule has 0 unspecified atom stereocenters. The lowest BCUT2D eigenvalue weighted by atomic mass is 9.96. The Bertz CT molecular complexity index is 604. The van der Waals surface area contributed by atoms with E-state index >= 15 is 0 Å². The quantitative estimate of drug-likeness (QED) is 0.523. The number of aryl methyl sites for hydroxylation is 1. The van der Waals surface area contributed by atoms with E-state index in [2.05, 4.69) is 31.0 Å². The van der Waals surface area contributed by atoms with Crippen molar-refractivity contribution >= 4 is 11.8 Å². The van der Waals surface area contributed by atoms with Crippen molar-refractivity contribution in [2.24, 2.45) is 0 Å². The van der Waals surface area contributed by atoms with Crippen molar-refractivity contribution in [2.45, 2.75) is 38.3 Å². The Labute approximate surface area is 129 Å². The van der Waals surface area contributed by atoms with E-state index in [0.717, 1.165) is 22.9 Å². The minimum absolute atomic E-state index is 0.113. The van der Waals surface area contributed by atoms with Crippen LogP contribution in [0.1, 0.15) is 32.2 Å². The molecule has 5 nitrogen and oxygen atoms in total. The highest BCUT2D eigenvalue weighted by Crippen LogP contribution is 2.23. The molecule has 0 aliphatic rings. The van der Waals surface area contributed by atoms with E-state index in [9.17, 15) is 0 Å². The number of nitrogen functional groups attached to an aromatic ring is 1. The highest BCUT2D eigenvalue weighted by molar-refractivity contribution is 7.99. The summed E-state index contributed by atoms with van der Waals surface area (Å²) in [7, 11) is 0. The fourth-order valence-electron chi connectivity index (χ4n) is 1.89. The molecule has 0 saturated carbocycles. The van der Waals surface area contributed by atoms with Gasteiger partial charge in [0.25, 0.3) is 0 Å². The van der Waals surface area contributed by atoms with Crippen LogP contribution < -0.4 is 10.6 Å². The zero-order valence-electron chi connectivity index (χ0n) is 13.0. The zero-order valence-corrected chi connectivity index (χ0v) is 13.8. The number of aromatic nitrogens is 3. The van der Waals surface area contributed by atoms with Crippen LogP contribution in [-0.2, 0) is 5.41 Å². The lowest BCUT2D eigenvalue weighted by molar-refractivity contribution is 0.341. The van der Waals surface area contributed by atoms with Crippen molar-refractivity contribution in [2.75, 3.05) is 18.2 Å². The Morgan fingerprint density at radius 3 is 2.57 bits per heavy atom. The van der Waals surface area contributed by atoms with Gasteiger partial charge in [-0.2, -0.15) is 0 Å². The van der Waals surface area contributed by atoms with Gasteiger partial charge in [0.1, 0.15) is 5.75 Å². The normalized spacial score (nSPS) is 11.6. The summed E-state index contributed by atoms with van der Waals surface area (Å²) in [5.41, 5.74) is 1.03. The van der Waals surface area contributed by atoms with Gasteiger partial charge >= 0.3 is 0 Å². The molecule has 0 amide bonds. The van der Waals surface area contributed by atoms with Crippen LogP contribution in [-0.4, -0.2) is 27.2 Å². The Balaban J connectivity index is 1.87. The fraction of sp³-hybridized carbons (Fsp3) is 0.467. The van der Waals surface area contributed by atoms with Gasteiger partial charge in [0.2, 0.25) is 5.16 Å². The second kappa shape index (κ2) is 6.39. The Hall–Kier alpha value is -1.69. The molecule has 0 atom stereocenters. The van der Waals surface area contributed by atoms with Gasteiger partial charge < -0.3 is 10.6 Å². The second-order valence-corrected chi connectivity index (χ2v) is 6.95. The van der Waals surface area contributed by atoms with Crippen molar-refractivity contribution in [3.63, 3.8) is 0 Å². The molecule has 1 heterocycles. The first-order chi connectivity index (χ1) is 9.89. The standard InChI is InChI=1S/C15H22N4OS/c1-11-7-5-6-8-12(11)20-9-10-21-14-18-17-13(19(14)16)15(2,3)4/h5-8H,9-10,16H2,1-4H3. The van der Waals surface area contributed by atoms with Crippen LogP contribution in [0, 0.1) is 6.92 Å². The van der Waals surface area contributed by atoms with Gasteiger partial charge in [0.15, 0.2) is 5.82 Å². The highest BCUT2D eigenvalue weighted by Gasteiger charge is 2.22. The molecule has 0 spiro atoms. The maximum Gasteiger partial charge on any atom is 0.209 e. The van der Waals surface area contributed by atoms with Gasteiger partial charge in [0, 0.05) is 11.2 Å². The first kappa shape index (κ1) is 15.7. The van der Waals surface area contributed by atoms with E-state index in [1.165, 1.54) is 0 Å². The number of nitrogens with two attached hydrogens (primary N) is 1. The van der Waals surface area contributed by atoms with Crippen LogP contribution in [0.4, 0.5) is 0 Å². The predicted molar refractivity (Wildman–Crippen MR) is 86.3 cm³/mol. The van der Waals surface area contributed by atoms with Crippen LogP contribution in [0.15, 0.2) is 29.4 Å². The Morgan fingerprint density at radius 2 is 1.95 bits per heavy atom. The molecule has 21 heavy (non-hydrogen) atoms. The Kier molecular flexibility index (Phi) is 4.77. The zero-order chi connectivity index (χ0) is 15.5. The summed E-state index contributed by atoms with van der Waals surface area (Å²) < 4.78 is 7.32. The molecule has 0 bridgehead atoms. The third-order valence-electron chi connectivity index (χ3n) is 3.00. The third kappa shape index (κ3) is 3.91. The van der Waals surface area contributed by atoms with E-state index < -0.39 is 0 Å². The van der Waals surface area contributed by atoms with Gasteiger partial charge in [-0.3, -0.25) is 0 Å². The highest BCUT2D eigenvalue weighted by atomic mass is 32.2. The molecule has 1 aromatic carbocycles. The van der Waals surface area contributed by atoms with Gasteiger partial charge in [0.05, 0.1) is 6.61 Å². The van der Waals surface area contributed by atoms with E-state index in [1.54, 1.807) is 16.4 Å². The van der Waals surface area contributed by atoms with Crippen molar-refractivity contribution < 1.29 is 4.74 Å². The number of nitrogens with zero attached hydrogens (tertiary/aromatic N) is 3. The number of thioether (sulfide) groups is 1. The predicted octanol–water partition coefficient (Wildman–Crippen LogP) is 2.77. The summed E-state index contributed by atoms with van der Waals surface area (Å²) in [4.78, 5) is 0. The average molecular weight is 306 g/mol. The molecule has 0 aliphatic carbocycles. The molecular formula is C15H22N4OS. The molecule has 1 aromatic heterocycles. The number of rotatable bonds is 5. The third-order valence-corrected chi connectivity index (χ3v) is 3.91. The van der Waals surface area contributed by atoms with E-state index in [0.29, 0.717) is 11.8 Å². The number of hydrogen-bond acceptors (Lipinski definition) is 5. The largest absolute Gasteiger partial charge is 0.492 e. The Morgan fingerprint density at radius 1 is 1.24 bits per heavy atom. The second-order valence-electron chi connectivity index (χ2n) is 5.89. The first-order valence-electron chi connectivity index (χ1n) is 6.92. The smallest absolute Gasteiger partial charge is 0.209 e. The van der Waals surface area contributed by atoms with Crippen LogP contribution in [0.5, 0.6) is 5.75 Å². The van der Waals surface area contributed by atoms with Gasteiger partial charge in [-0.05, 0) is 18.6 Å². The van der Waals surface area contributed by atoms with Gasteiger partial charge in [-0.25, -0.2) is 4.68 Å². The maximum atomic E-state index is 6.04. The molecule has 0 saturated heterocycles. The van der Waals surface area contributed by atoms with Crippen LogP contribution in [0.25, 0.3) is 0 Å². The molecule has 114 valence electrons. The van der Waals surface area contributed by atoms with E-state index in [4.69, 9.17) is 10.6 Å². The van der Waals surface area contributed by atoms with E-state index in [-0.39, 0.29) is 5.41 Å². The topological polar surface area (TPSA) is 66.0 Å². The van der Waals surface area contributed by atoms with Crippen molar-refractivity contribution in [3.8, 4) is 5.75 Å². The monoisotopic (exact) mass is 306 g/mol. The molecule has 2 rings (SSSR count). The van der Waals surface area contributed by atoms with E-state index in [1.807, 2.05) is 31.2 Å². The number of para-hydroxylation sites is 1. The summed E-state index contributed by atoms with van der Waals surface area (Å²) in [5.74, 6) is 8.51. The van der Waals surface area contributed by atoms with Gasteiger partial charge in [-0.1, -0.05) is 50.7 Å². The number of hydrogen-bond donors (Lipinski definition) is 1. The SMILES string of the molecule is Cc1ccccc1OCCSc1nnc(C(C)(C)C)n1N. The van der Waals surface area contributed by atoms with Crippen LogP contribution in [0.3, 0.4) is 0 Å². The van der Waals surface area contributed by atoms with Crippen LogP contribution >= 0.6 is 11.8 Å². The summed E-state index contributed by atoms with van der Waals surface area (Å²) in [6.45, 7) is 8.84. The fourth-order valence-corrected chi connectivity index (χ4v) is 2.56. The lowest BCUT2D eigenvalue weighted by Crippen LogP contribution is -2.24. The molecule has 0 radical (unpaired) electrons. The number of benzene rings is 1. The molecule has 6 heteroatoms. The lowest BCUT2D eigenvalue weighted by Gasteiger charge is -2.16. The maximum absolute atomic E-state index is 6.04. The first-order valence-corrected chi connectivity index (χ1v) is 7.90. The molecule has 0 aliphatic heterocycles. The van der Waals surface area contributed by atoms with Gasteiger partial charge in [-0.15, -0.1) is 10.2 Å². The summed E-state index contributed by atoms with van der Waals surface area (Å²) >= 11 is 1.55. The molecule has 2 N–H and O–H groups in total. The molecular weight excluding hydrogens is 284 g/mol. The van der Waals surface area contributed by atoms with Crippen molar-refractivity contribution in [3.05, 3.63) is 35.7 Å². The van der Waals surface area contributed by atoms with Crippen molar-refractivity contribution in [1.29, 1.82) is 0 Å². The minimum atomic E-state index is -0.113. The average Bonchev–Trinajstić information content (AvgIpc) is 2.78. The molecule has 0 fully saturated rings. The molecule has 2 aromatic rings. The van der Waals surface area contributed by atoms with Crippen LogP contribution in [0.2, 0.25) is 0 Å².